The van der Waals surface area contributed by atoms with Crippen LogP contribution in [-0.4, -0.2) is 36.5 Å². The molecule has 0 bridgehead atoms. The number of ketones is 1. The van der Waals surface area contributed by atoms with Crippen LogP contribution in [-0.2, 0) is 20.8 Å². The summed E-state index contributed by atoms with van der Waals surface area (Å²) in [5.41, 5.74) is 0.924. The summed E-state index contributed by atoms with van der Waals surface area (Å²) in [5.74, 6) is 0.680. The lowest BCUT2D eigenvalue weighted by Crippen LogP contribution is -2.35. The summed E-state index contributed by atoms with van der Waals surface area (Å²) in [6, 6.07) is 18.0. The van der Waals surface area contributed by atoms with Gasteiger partial charge in [-0.05, 0) is 42.8 Å². The van der Waals surface area contributed by atoms with E-state index in [1.165, 1.54) is 18.5 Å². The molecule has 1 unspecified atom stereocenters. The van der Waals surface area contributed by atoms with E-state index < -0.39 is 23.2 Å². The number of benzene rings is 3. The summed E-state index contributed by atoms with van der Waals surface area (Å²) < 4.78 is 29.1. The van der Waals surface area contributed by atoms with E-state index >= 15 is 0 Å². The average molecular weight is 555 g/mol. The fourth-order valence-corrected chi connectivity index (χ4v) is 4.81. The van der Waals surface area contributed by atoms with Gasteiger partial charge in [0, 0.05) is 24.4 Å². The van der Waals surface area contributed by atoms with Gasteiger partial charge in [-0.2, -0.15) is 0 Å². The highest BCUT2D eigenvalue weighted by Gasteiger charge is 2.32. The molecule has 0 saturated carbocycles. The highest BCUT2D eigenvalue weighted by molar-refractivity contribution is 6.10. The molecule has 2 aliphatic heterocycles. The van der Waals surface area contributed by atoms with E-state index in [0.29, 0.717) is 34.9 Å². The van der Waals surface area contributed by atoms with E-state index in [4.69, 9.17) is 23.7 Å². The van der Waals surface area contributed by atoms with Crippen molar-refractivity contribution in [3.05, 3.63) is 112 Å². The van der Waals surface area contributed by atoms with Crippen molar-refractivity contribution in [2.45, 2.75) is 19.5 Å². The number of nitrogens with one attached hydrogen (secondary N) is 1. The fraction of sp³-hybridized carbons (Fsp3) is 0.194. The fourth-order valence-electron chi connectivity index (χ4n) is 4.81. The Hall–Kier alpha value is -5.25. The Morgan fingerprint density at radius 2 is 1.73 bits per heavy atom. The summed E-state index contributed by atoms with van der Waals surface area (Å²) in [4.78, 5) is 41.2. The van der Waals surface area contributed by atoms with Crippen LogP contribution in [0.4, 0.5) is 0 Å². The number of rotatable bonds is 9. The molecule has 0 aliphatic carbocycles. The number of hydrogen-bond donors (Lipinski definition) is 1. The van der Waals surface area contributed by atoms with Gasteiger partial charge in [-0.1, -0.05) is 30.3 Å². The Bertz CT molecular complexity index is 1710. The van der Waals surface area contributed by atoms with Crippen molar-refractivity contribution in [3.63, 3.8) is 0 Å². The Morgan fingerprint density at radius 1 is 0.976 bits per heavy atom. The minimum absolute atomic E-state index is 0.0130. The maximum Gasteiger partial charge on any atom is 0.251 e. The normalized spacial score (nSPS) is 14.1. The van der Waals surface area contributed by atoms with Gasteiger partial charge in [0.15, 0.2) is 29.1 Å². The molecule has 6 rings (SSSR count). The number of nitrogens with zero attached hydrogens (tertiary/aromatic N) is 1. The van der Waals surface area contributed by atoms with Crippen molar-refractivity contribution < 1.29 is 33.3 Å². The molecule has 208 valence electrons. The summed E-state index contributed by atoms with van der Waals surface area (Å²) in [6.45, 7) is 2.52. The number of carbonyl (C=O) groups is 2. The molecule has 1 amide bonds. The van der Waals surface area contributed by atoms with Crippen molar-refractivity contribution in [1.29, 1.82) is 0 Å². The molecule has 3 heterocycles. The lowest BCUT2D eigenvalue weighted by Gasteiger charge is -2.23. The van der Waals surface area contributed by atoms with Crippen LogP contribution in [0.15, 0.2) is 89.7 Å². The third kappa shape index (κ3) is 5.07. The number of hydrogen-bond acceptors (Lipinski definition) is 8. The molecule has 1 aromatic heterocycles. The first kappa shape index (κ1) is 26.0. The second kappa shape index (κ2) is 11.1. The van der Waals surface area contributed by atoms with Crippen molar-refractivity contribution >= 4 is 22.6 Å². The van der Waals surface area contributed by atoms with E-state index in [-0.39, 0.29) is 36.8 Å². The quantitative estimate of drug-likeness (QED) is 0.308. The van der Waals surface area contributed by atoms with Gasteiger partial charge >= 0.3 is 0 Å². The molecule has 0 saturated heterocycles. The highest BCUT2D eigenvalue weighted by atomic mass is 16.7. The standard InChI is InChI=1S/C31H26N2O8/c1-2-38-21-10-8-20(9-11-21)29(34)23-15-33(24-13-26-25(40-18-41-26)12-22(24)30(23)35)28(27-16-37-17-39-27)31(36)32-14-19-6-4-3-5-7-19/h3-13,15-16,28H,2,14,17-18H2,1H3,(H,32,36). The maximum atomic E-state index is 13.8. The molecule has 0 fully saturated rings. The Labute approximate surface area is 234 Å². The molecule has 41 heavy (non-hydrogen) atoms. The van der Waals surface area contributed by atoms with Gasteiger partial charge in [-0.3, -0.25) is 14.4 Å². The summed E-state index contributed by atoms with van der Waals surface area (Å²) in [6.07, 6.45) is 2.75. The second-order valence-electron chi connectivity index (χ2n) is 9.34. The van der Waals surface area contributed by atoms with Crippen LogP contribution >= 0.6 is 0 Å². The van der Waals surface area contributed by atoms with Gasteiger partial charge in [0.2, 0.25) is 19.0 Å². The molecule has 10 nitrogen and oxygen atoms in total. The molecule has 3 aromatic carbocycles. The van der Waals surface area contributed by atoms with Gasteiger partial charge in [-0.15, -0.1) is 0 Å². The Morgan fingerprint density at radius 3 is 2.44 bits per heavy atom. The van der Waals surface area contributed by atoms with E-state index in [1.54, 1.807) is 34.9 Å². The van der Waals surface area contributed by atoms with Crippen LogP contribution in [0.3, 0.4) is 0 Å². The molecule has 2 aliphatic rings. The van der Waals surface area contributed by atoms with Crippen LogP contribution in [0.5, 0.6) is 17.2 Å². The molecule has 10 heteroatoms. The number of aromatic nitrogens is 1. The summed E-state index contributed by atoms with van der Waals surface area (Å²) >= 11 is 0. The number of amides is 1. The molecule has 0 radical (unpaired) electrons. The first-order valence-corrected chi connectivity index (χ1v) is 13.1. The maximum absolute atomic E-state index is 13.8. The average Bonchev–Trinajstić information content (AvgIpc) is 3.70. The molecule has 1 atom stereocenters. The first-order chi connectivity index (χ1) is 20.0. The minimum Gasteiger partial charge on any atom is -0.494 e. The van der Waals surface area contributed by atoms with E-state index in [9.17, 15) is 14.4 Å². The zero-order valence-corrected chi connectivity index (χ0v) is 22.1. The lowest BCUT2D eigenvalue weighted by atomic mass is 10.0. The third-order valence-corrected chi connectivity index (χ3v) is 6.80. The van der Waals surface area contributed by atoms with Crippen molar-refractivity contribution in [2.75, 3.05) is 20.2 Å². The van der Waals surface area contributed by atoms with Crippen molar-refractivity contribution in [3.8, 4) is 17.2 Å². The van der Waals surface area contributed by atoms with Gasteiger partial charge < -0.3 is 33.6 Å². The SMILES string of the molecule is CCOc1ccc(C(=O)c2cn(C(C(=O)NCc3ccccc3)C3=COCO3)c3cc4c(cc3c2=O)OCO4)cc1. The van der Waals surface area contributed by atoms with E-state index in [1.807, 2.05) is 37.3 Å². The minimum atomic E-state index is -1.10. The Balaban J connectivity index is 1.48. The predicted octanol–water partition coefficient (Wildman–Crippen LogP) is 4.06. The van der Waals surface area contributed by atoms with Gasteiger partial charge in [0.1, 0.15) is 12.0 Å². The molecule has 4 aromatic rings. The number of fused-ring (bicyclic) bond motifs is 2. The zero-order valence-electron chi connectivity index (χ0n) is 22.1. The largest absolute Gasteiger partial charge is 0.494 e. The van der Waals surface area contributed by atoms with E-state index in [0.717, 1.165) is 5.56 Å². The van der Waals surface area contributed by atoms with Gasteiger partial charge in [0.25, 0.3) is 5.91 Å². The predicted molar refractivity (Wildman–Crippen MR) is 148 cm³/mol. The number of pyridine rings is 1. The Kier molecular flexibility index (Phi) is 7.03. The number of carbonyl (C=O) groups excluding carboxylic acids is 2. The van der Waals surface area contributed by atoms with Crippen molar-refractivity contribution in [1.82, 2.24) is 9.88 Å². The van der Waals surface area contributed by atoms with Crippen LogP contribution in [0.2, 0.25) is 0 Å². The summed E-state index contributed by atoms with van der Waals surface area (Å²) in [7, 11) is 0. The van der Waals surface area contributed by atoms with Gasteiger partial charge in [0.05, 0.1) is 23.1 Å². The third-order valence-electron chi connectivity index (χ3n) is 6.80. The smallest absolute Gasteiger partial charge is 0.251 e. The monoisotopic (exact) mass is 554 g/mol. The van der Waals surface area contributed by atoms with Gasteiger partial charge in [-0.25, -0.2) is 0 Å². The topological polar surface area (TPSA) is 114 Å². The highest BCUT2D eigenvalue weighted by Crippen LogP contribution is 2.37. The van der Waals surface area contributed by atoms with Crippen LogP contribution in [0.1, 0.15) is 34.5 Å². The number of ether oxygens (including phenoxy) is 5. The van der Waals surface area contributed by atoms with Crippen LogP contribution in [0.25, 0.3) is 10.9 Å². The molecule has 1 N–H and O–H groups in total. The second-order valence-corrected chi connectivity index (χ2v) is 9.34. The molecular weight excluding hydrogens is 528 g/mol. The van der Waals surface area contributed by atoms with Crippen LogP contribution in [0, 0.1) is 0 Å². The van der Waals surface area contributed by atoms with E-state index in [2.05, 4.69) is 5.32 Å². The lowest BCUT2D eigenvalue weighted by molar-refractivity contribution is -0.124. The molecule has 0 spiro atoms. The van der Waals surface area contributed by atoms with Crippen LogP contribution < -0.4 is 25.0 Å². The summed E-state index contributed by atoms with van der Waals surface area (Å²) in [5, 5.41) is 3.12. The zero-order chi connectivity index (χ0) is 28.3. The first-order valence-electron chi connectivity index (χ1n) is 13.1. The molecular formula is C31H26N2O8. The van der Waals surface area contributed by atoms with Crippen molar-refractivity contribution in [2.24, 2.45) is 0 Å².